The van der Waals surface area contributed by atoms with Crippen molar-refractivity contribution in [3.8, 4) is 0 Å². The summed E-state index contributed by atoms with van der Waals surface area (Å²) < 4.78 is 0. The fourth-order valence-corrected chi connectivity index (χ4v) is 2.44. The zero-order valence-electron chi connectivity index (χ0n) is 11.0. The molecular formula is C16H21NO. The average molecular weight is 243 g/mol. The number of allylic oxidation sites excluding steroid dienone is 2. The van der Waals surface area contributed by atoms with Crippen LogP contribution < -0.4 is 5.32 Å². The Labute approximate surface area is 109 Å². The molecule has 0 spiro atoms. The lowest BCUT2D eigenvalue weighted by Crippen LogP contribution is -2.14. The molecule has 0 fully saturated rings. The van der Waals surface area contributed by atoms with Gasteiger partial charge in [0, 0.05) is 5.56 Å². The molecule has 0 atom stereocenters. The Balaban J connectivity index is 2.21. The van der Waals surface area contributed by atoms with Gasteiger partial charge < -0.3 is 5.32 Å². The third-order valence-corrected chi connectivity index (χ3v) is 3.49. The van der Waals surface area contributed by atoms with Gasteiger partial charge in [0.1, 0.15) is 0 Å². The summed E-state index contributed by atoms with van der Waals surface area (Å²) in [6.45, 7) is 0.906. The third-order valence-electron chi connectivity index (χ3n) is 3.49. The number of benzene rings is 1. The van der Waals surface area contributed by atoms with E-state index in [2.05, 4.69) is 17.5 Å². The number of rotatable bonds is 5. The van der Waals surface area contributed by atoms with Gasteiger partial charge in [0.2, 0.25) is 0 Å². The van der Waals surface area contributed by atoms with Crippen molar-refractivity contribution in [1.82, 2.24) is 5.32 Å². The van der Waals surface area contributed by atoms with E-state index in [4.69, 9.17) is 0 Å². The number of Topliss-reactive ketones (excluding diaryl/α,β-unsaturated/α-hetero) is 1. The number of likely N-dealkylation sites (N-methyl/N-ethyl adjacent to an activating group) is 1. The number of carbonyl (C=O) groups excluding carboxylic acids is 1. The fourth-order valence-electron chi connectivity index (χ4n) is 2.44. The first-order valence-corrected chi connectivity index (χ1v) is 6.79. The second kappa shape index (κ2) is 6.50. The molecule has 2 nitrogen and oxygen atoms in total. The van der Waals surface area contributed by atoms with E-state index in [1.807, 2.05) is 25.2 Å². The Kier molecular flexibility index (Phi) is 4.71. The molecule has 0 amide bonds. The minimum Gasteiger partial charge on any atom is -0.319 e. The predicted molar refractivity (Wildman–Crippen MR) is 75.0 cm³/mol. The van der Waals surface area contributed by atoms with Gasteiger partial charge in [-0.1, -0.05) is 30.3 Å². The normalized spacial score (nSPS) is 15.3. The lowest BCUT2D eigenvalue weighted by Gasteiger charge is -2.14. The SMILES string of the molecule is CNCCc1ccccc1C(=O)C1=CCCCC1. The molecule has 2 heteroatoms. The molecule has 0 radical (unpaired) electrons. The maximum absolute atomic E-state index is 12.5. The maximum atomic E-state index is 12.5. The molecule has 1 N–H and O–H groups in total. The maximum Gasteiger partial charge on any atom is 0.188 e. The Morgan fingerprint density at radius 3 is 2.83 bits per heavy atom. The number of nitrogens with one attached hydrogen (secondary N) is 1. The van der Waals surface area contributed by atoms with Crippen LogP contribution in [0.4, 0.5) is 0 Å². The molecule has 0 heterocycles. The van der Waals surface area contributed by atoms with Crippen molar-refractivity contribution in [2.45, 2.75) is 32.1 Å². The molecule has 2 rings (SSSR count). The van der Waals surface area contributed by atoms with Crippen LogP contribution in [0, 0.1) is 0 Å². The molecule has 1 aliphatic rings. The van der Waals surface area contributed by atoms with Gasteiger partial charge in [-0.15, -0.1) is 0 Å². The number of ketones is 1. The highest BCUT2D eigenvalue weighted by molar-refractivity contribution is 6.09. The van der Waals surface area contributed by atoms with Gasteiger partial charge in [0.15, 0.2) is 5.78 Å². The van der Waals surface area contributed by atoms with Gasteiger partial charge in [-0.05, 0) is 56.8 Å². The van der Waals surface area contributed by atoms with Crippen LogP contribution in [0.5, 0.6) is 0 Å². The van der Waals surface area contributed by atoms with Crippen LogP contribution in [-0.2, 0) is 6.42 Å². The van der Waals surface area contributed by atoms with Crippen LogP contribution in [0.1, 0.15) is 41.6 Å². The fraction of sp³-hybridized carbons (Fsp3) is 0.438. The van der Waals surface area contributed by atoms with Crippen LogP contribution in [0.25, 0.3) is 0 Å². The van der Waals surface area contributed by atoms with E-state index in [1.54, 1.807) is 0 Å². The van der Waals surface area contributed by atoms with E-state index in [1.165, 1.54) is 6.42 Å². The van der Waals surface area contributed by atoms with E-state index in [-0.39, 0.29) is 5.78 Å². The zero-order valence-corrected chi connectivity index (χ0v) is 11.0. The molecular weight excluding hydrogens is 222 g/mol. The summed E-state index contributed by atoms with van der Waals surface area (Å²) in [5, 5.41) is 3.14. The first-order chi connectivity index (χ1) is 8.83. The summed E-state index contributed by atoms with van der Waals surface area (Å²) in [6.07, 6.45) is 7.40. The summed E-state index contributed by atoms with van der Waals surface area (Å²) in [6, 6.07) is 7.99. The van der Waals surface area contributed by atoms with Crippen molar-refractivity contribution in [2.24, 2.45) is 0 Å². The second-order valence-corrected chi connectivity index (χ2v) is 4.81. The average Bonchev–Trinajstić information content (AvgIpc) is 2.45. The van der Waals surface area contributed by atoms with Crippen LogP contribution in [0.3, 0.4) is 0 Å². The molecule has 0 unspecified atom stereocenters. The van der Waals surface area contributed by atoms with Crippen LogP contribution in [0.2, 0.25) is 0 Å². The van der Waals surface area contributed by atoms with Gasteiger partial charge in [-0.2, -0.15) is 0 Å². The van der Waals surface area contributed by atoms with Gasteiger partial charge >= 0.3 is 0 Å². The Morgan fingerprint density at radius 1 is 1.28 bits per heavy atom. The monoisotopic (exact) mass is 243 g/mol. The highest BCUT2D eigenvalue weighted by Crippen LogP contribution is 2.23. The molecule has 96 valence electrons. The van der Waals surface area contributed by atoms with Crippen molar-refractivity contribution < 1.29 is 4.79 Å². The molecule has 0 aromatic heterocycles. The van der Waals surface area contributed by atoms with E-state index >= 15 is 0 Å². The van der Waals surface area contributed by atoms with E-state index in [0.29, 0.717) is 0 Å². The number of hydrogen-bond donors (Lipinski definition) is 1. The Bertz CT molecular complexity index is 448. The smallest absolute Gasteiger partial charge is 0.188 e. The van der Waals surface area contributed by atoms with Crippen LogP contribution in [-0.4, -0.2) is 19.4 Å². The van der Waals surface area contributed by atoms with Gasteiger partial charge in [-0.25, -0.2) is 0 Å². The summed E-state index contributed by atoms with van der Waals surface area (Å²) >= 11 is 0. The molecule has 0 bridgehead atoms. The molecule has 18 heavy (non-hydrogen) atoms. The largest absolute Gasteiger partial charge is 0.319 e. The summed E-state index contributed by atoms with van der Waals surface area (Å²) in [5.41, 5.74) is 3.06. The van der Waals surface area contributed by atoms with Gasteiger partial charge in [0.05, 0.1) is 0 Å². The quantitative estimate of drug-likeness (QED) is 0.805. The van der Waals surface area contributed by atoms with Crippen molar-refractivity contribution in [2.75, 3.05) is 13.6 Å². The van der Waals surface area contributed by atoms with Crippen LogP contribution >= 0.6 is 0 Å². The molecule has 1 aliphatic carbocycles. The minimum absolute atomic E-state index is 0.237. The number of hydrogen-bond acceptors (Lipinski definition) is 2. The predicted octanol–water partition coefficient (Wildman–Crippen LogP) is 3.13. The van der Waals surface area contributed by atoms with E-state index < -0.39 is 0 Å². The van der Waals surface area contributed by atoms with Gasteiger partial charge in [0.25, 0.3) is 0 Å². The standard InChI is InChI=1S/C16H21NO/c1-17-12-11-13-7-5-6-10-15(13)16(18)14-8-3-2-4-9-14/h5-8,10,17H,2-4,9,11-12H2,1H3. The van der Waals surface area contributed by atoms with Crippen molar-refractivity contribution in [3.05, 3.63) is 47.0 Å². The summed E-state index contributed by atoms with van der Waals surface area (Å²) in [7, 11) is 1.94. The molecule has 1 aromatic carbocycles. The lowest BCUT2D eigenvalue weighted by molar-refractivity contribution is 0.102. The molecule has 0 aliphatic heterocycles. The zero-order chi connectivity index (χ0) is 12.8. The first kappa shape index (κ1) is 13.0. The second-order valence-electron chi connectivity index (χ2n) is 4.81. The molecule has 0 saturated heterocycles. The van der Waals surface area contributed by atoms with Crippen LogP contribution in [0.15, 0.2) is 35.9 Å². The third kappa shape index (κ3) is 3.08. The van der Waals surface area contributed by atoms with Crippen molar-refractivity contribution in [3.63, 3.8) is 0 Å². The number of carbonyl (C=O) groups is 1. The highest BCUT2D eigenvalue weighted by atomic mass is 16.1. The van der Waals surface area contributed by atoms with E-state index in [0.717, 1.165) is 48.9 Å². The molecule has 1 aromatic rings. The van der Waals surface area contributed by atoms with Crippen molar-refractivity contribution in [1.29, 1.82) is 0 Å². The minimum atomic E-state index is 0.237. The van der Waals surface area contributed by atoms with Crippen molar-refractivity contribution >= 4 is 5.78 Å². The Hall–Kier alpha value is -1.41. The topological polar surface area (TPSA) is 29.1 Å². The summed E-state index contributed by atoms with van der Waals surface area (Å²) in [4.78, 5) is 12.5. The summed E-state index contributed by atoms with van der Waals surface area (Å²) in [5.74, 6) is 0.237. The Morgan fingerprint density at radius 2 is 2.11 bits per heavy atom. The van der Waals surface area contributed by atoms with Gasteiger partial charge in [-0.3, -0.25) is 4.79 Å². The molecule has 0 saturated carbocycles. The first-order valence-electron chi connectivity index (χ1n) is 6.79. The highest BCUT2D eigenvalue weighted by Gasteiger charge is 2.16. The lowest BCUT2D eigenvalue weighted by atomic mass is 9.90. The van der Waals surface area contributed by atoms with E-state index in [9.17, 15) is 4.79 Å².